The van der Waals surface area contributed by atoms with Gasteiger partial charge in [-0.3, -0.25) is 0 Å². The van der Waals surface area contributed by atoms with Gasteiger partial charge in [0.05, 0.1) is 12.2 Å². The van der Waals surface area contributed by atoms with E-state index in [-0.39, 0.29) is 22.1 Å². The Morgan fingerprint density at radius 1 is 0.861 bits per heavy atom. The van der Waals surface area contributed by atoms with Gasteiger partial charge in [0.15, 0.2) is 8.32 Å². The maximum atomic E-state index is 11.6. The highest BCUT2D eigenvalue weighted by molar-refractivity contribution is 6.99. The predicted octanol–water partition coefficient (Wildman–Crippen LogP) is 6.92. The number of allylic oxidation sites excluding steroid dienone is 1. The summed E-state index contributed by atoms with van der Waals surface area (Å²) in [6, 6.07) is 21.3. The molecule has 0 saturated heterocycles. The van der Waals surface area contributed by atoms with Gasteiger partial charge in [-0.1, -0.05) is 115 Å². The lowest BCUT2D eigenvalue weighted by molar-refractivity contribution is -0.0128. The minimum absolute atomic E-state index is 0.0404. The van der Waals surface area contributed by atoms with Gasteiger partial charge in [-0.05, 0) is 52.3 Å². The Hall–Kier alpha value is -1.51. The van der Waals surface area contributed by atoms with Crippen LogP contribution < -0.4 is 10.4 Å². The average Bonchev–Trinajstić information content (AvgIpc) is 2.80. The van der Waals surface area contributed by atoms with Gasteiger partial charge in [0.1, 0.15) is 0 Å². The van der Waals surface area contributed by atoms with E-state index in [1.807, 2.05) is 6.08 Å². The third kappa shape index (κ3) is 7.07. The van der Waals surface area contributed by atoms with Gasteiger partial charge in [0.25, 0.3) is 8.32 Å². The van der Waals surface area contributed by atoms with Crippen molar-refractivity contribution in [1.29, 1.82) is 0 Å². The van der Waals surface area contributed by atoms with Gasteiger partial charge in [-0.15, -0.1) is 6.58 Å². The van der Waals surface area contributed by atoms with Crippen LogP contribution in [0.1, 0.15) is 61.3 Å². The molecular formula is C31H50O3Si2. The van der Waals surface area contributed by atoms with Crippen LogP contribution in [0.25, 0.3) is 0 Å². The highest BCUT2D eigenvalue weighted by Gasteiger charge is 2.52. The zero-order valence-electron chi connectivity index (χ0n) is 24.2. The molecule has 2 aromatic rings. The lowest BCUT2D eigenvalue weighted by Crippen LogP contribution is -2.68. The van der Waals surface area contributed by atoms with Gasteiger partial charge < -0.3 is 14.0 Å². The number of aliphatic hydroxyl groups excluding tert-OH is 1. The van der Waals surface area contributed by atoms with Crippen LogP contribution in [0.15, 0.2) is 73.3 Å². The van der Waals surface area contributed by atoms with Crippen LogP contribution >= 0.6 is 0 Å². The van der Waals surface area contributed by atoms with Crippen LogP contribution in [0, 0.1) is 5.92 Å². The zero-order valence-corrected chi connectivity index (χ0v) is 26.2. The normalized spacial score (nSPS) is 15.8. The van der Waals surface area contributed by atoms with Crippen molar-refractivity contribution in [2.75, 3.05) is 6.61 Å². The molecule has 0 heterocycles. The Kier molecular flexibility index (Phi) is 10.5. The smallest absolute Gasteiger partial charge is 0.261 e. The molecule has 200 valence electrons. The lowest BCUT2D eigenvalue weighted by Gasteiger charge is -2.46. The minimum Gasteiger partial charge on any atom is -0.417 e. The molecule has 36 heavy (non-hydrogen) atoms. The first kappa shape index (κ1) is 30.7. The fourth-order valence-corrected chi connectivity index (χ4v) is 10.4. The number of benzene rings is 2. The van der Waals surface area contributed by atoms with E-state index < -0.39 is 22.7 Å². The molecule has 3 nitrogen and oxygen atoms in total. The summed E-state index contributed by atoms with van der Waals surface area (Å²) in [7, 11) is -4.72. The molecule has 0 aliphatic rings. The first-order valence-corrected chi connectivity index (χ1v) is 18.2. The maximum Gasteiger partial charge on any atom is 0.261 e. The largest absolute Gasteiger partial charge is 0.417 e. The molecule has 0 radical (unpaired) electrons. The third-order valence-corrected chi connectivity index (χ3v) is 17.5. The highest BCUT2D eigenvalue weighted by Crippen LogP contribution is 2.40. The van der Waals surface area contributed by atoms with Gasteiger partial charge in [-0.2, -0.15) is 0 Å². The van der Waals surface area contributed by atoms with Gasteiger partial charge in [-0.25, -0.2) is 0 Å². The monoisotopic (exact) mass is 526 g/mol. The summed E-state index contributed by atoms with van der Waals surface area (Å²) in [6.07, 6.45) is 2.31. The molecule has 1 unspecified atom stereocenters. The second kappa shape index (κ2) is 12.4. The molecule has 0 fully saturated rings. The molecule has 0 aliphatic carbocycles. The van der Waals surface area contributed by atoms with E-state index in [4.69, 9.17) is 8.85 Å². The fourth-order valence-electron chi connectivity index (χ4n) is 4.63. The van der Waals surface area contributed by atoms with E-state index in [1.54, 1.807) is 0 Å². The Labute approximate surface area is 223 Å². The Morgan fingerprint density at radius 2 is 1.33 bits per heavy atom. The molecule has 0 amide bonds. The van der Waals surface area contributed by atoms with Crippen LogP contribution in [0.3, 0.4) is 0 Å². The molecule has 0 aromatic heterocycles. The summed E-state index contributed by atoms with van der Waals surface area (Å²) in [4.78, 5) is 0. The van der Waals surface area contributed by atoms with Crippen molar-refractivity contribution in [2.45, 2.75) is 96.7 Å². The SMILES string of the molecule is C=CC[C@H](C)C(O)[C@H](CCO[Si](C)(C)C(C)(C)C)O[Si](c1ccccc1)(c1ccccc1)C(C)(C)C. The van der Waals surface area contributed by atoms with Crippen LogP contribution in [-0.4, -0.2) is 40.6 Å². The minimum atomic E-state index is -2.81. The lowest BCUT2D eigenvalue weighted by atomic mass is 9.95. The van der Waals surface area contributed by atoms with Gasteiger partial charge in [0, 0.05) is 6.61 Å². The first-order chi connectivity index (χ1) is 16.7. The molecule has 2 rings (SSSR count). The van der Waals surface area contributed by atoms with Crippen LogP contribution in [-0.2, 0) is 8.85 Å². The van der Waals surface area contributed by atoms with E-state index in [0.717, 1.165) is 6.42 Å². The molecule has 0 spiro atoms. The van der Waals surface area contributed by atoms with Crippen molar-refractivity contribution < 1.29 is 14.0 Å². The van der Waals surface area contributed by atoms with Crippen molar-refractivity contribution in [3.8, 4) is 0 Å². The third-order valence-electron chi connectivity index (χ3n) is 7.92. The molecule has 3 atom stereocenters. The molecule has 0 aliphatic heterocycles. The maximum absolute atomic E-state index is 11.6. The quantitative estimate of drug-likeness (QED) is 0.241. The topological polar surface area (TPSA) is 38.7 Å². The summed E-state index contributed by atoms with van der Waals surface area (Å²) in [6.45, 7) is 24.8. The van der Waals surface area contributed by atoms with E-state index in [1.165, 1.54) is 10.4 Å². The second-order valence-electron chi connectivity index (χ2n) is 12.7. The molecule has 2 aromatic carbocycles. The van der Waals surface area contributed by atoms with Crippen molar-refractivity contribution in [3.63, 3.8) is 0 Å². The Bertz CT molecular complexity index is 890. The molecule has 0 saturated carbocycles. The summed E-state index contributed by atoms with van der Waals surface area (Å²) < 4.78 is 14.0. The number of hydrogen-bond donors (Lipinski definition) is 1. The van der Waals surface area contributed by atoms with Crippen LogP contribution in [0.5, 0.6) is 0 Å². The fraction of sp³-hybridized carbons (Fsp3) is 0.548. The molecule has 5 heteroatoms. The van der Waals surface area contributed by atoms with Crippen LogP contribution in [0.4, 0.5) is 0 Å². The standard InChI is InChI=1S/C31H50O3Si2/c1-11-18-25(2)29(32)28(23-24-33-35(9,10)30(3,4)5)34-36(31(6,7)8,26-19-14-12-15-20-26)27-21-16-13-17-22-27/h11-17,19-22,25,28-29,32H,1,18,23-24H2,2-10H3/t25-,28-,29?/m0/s1. The predicted molar refractivity (Wildman–Crippen MR) is 160 cm³/mol. The van der Waals surface area contributed by atoms with Crippen molar-refractivity contribution in [1.82, 2.24) is 0 Å². The summed E-state index contributed by atoms with van der Waals surface area (Å²) >= 11 is 0. The van der Waals surface area contributed by atoms with Crippen LogP contribution in [0.2, 0.25) is 23.2 Å². The van der Waals surface area contributed by atoms with E-state index >= 15 is 0 Å². The van der Waals surface area contributed by atoms with E-state index in [9.17, 15) is 5.11 Å². The Morgan fingerprint density at radius 3 is 1.72 bits per heavy atom. The zero-order chi connectivity index (χ0) is 27.2. The summed E-state index contributed by atoms with van der Waals surface area (Å²) in [5.74, 6) is 0.0404. The first-order valence-electron chi connectivity index (χ1n) is 13.4. The molecular weight excluding hydrogens is 477 g/mol. The van der Waals surface area contributed by atoms with Crippen molar-refractivity contribution in [2.24, 2.45) is 5.92 Å². The summed E-state index contributed by atoms with van der Waals surface area (Å²) in [5, 5.41) is 14.1. The van der Waals surface area contributed by atoms with Crippen molar-refractivity contribution in [3.05, 3.63) is 73.3 Å². The number of hydrogen-bond acceptors (Lipinski definition) is 3. The number of rotatable bonds is 12. The highest BCUT2D eigenvalue weighted by atomic mass is 28.4. The molecule has 0 bridgehead atoms. The van der Waals surface area contributed by atoms with Gasteiger partial charge >= 0.3 is 0 Å². The average molecular weight is 527 g/mol. The van der Waals surface area contributed by atoms with Gasteiger partial charge in [0.2, 0.25) is 0 Å². The summed E-state index contributed by atoms with van der Waals surface area (Å²) in [5.41, 5.74) is 0. The van der Waals surface area contributed by atoms with E-state index in [2.05, 4.69) is 129 Å². The molecule has 1 N–H and O–H groups in total. The van der Waals surface area contributed by atoms with E-state index in [0.29, 0.717) is 13.0 Å². The second-order valence-corrected chi connectivity index (χ2v) is 21.8. The number of aliphatic hydroxyl groups is 1. The Balaban J connectivity index is 2.57. The van der Waals surface area contributed by atoms with Crippen molar-refractivity contribution >= 4 is 27.0 Å².